The molecule has 29 heavy (non-hydrogen) atoms. The van der Waals surface area contributed by atoms with Gasteiger partial charge < -0.3 is 4.84 Å². The molecule has 1 heterocycles. The van der Waals surface area contributed by atoms with E-state index in [0.717, 1.165) is 11.3 Å². The van der Waals surface area contributed by atoms with Crippen LogP contribution in [0.15, 0.2) is 35.6 Å². The predicted molar refractivity (Wildman–Crippen MR) is 104 cm³/mol. The largest absolute Gasteiger partial charge is 0.417 e. The van der Waals surface area contributed by atoms with Gasteiger partial charge in [0.25, 0.3) is 0 Å². The Bertz CT molecular complexity index is 912. The third kappa shape index (κ3) is 6.84. The fourth-order valence-electron chi connectivity index (χ4n) is 1.94. The van der Waals surface area contributed by atoms with Crippen LogP contribution in [0.3, 0.4) is 0 Å². The Kier molecular flexibility index (Phi) is 7.77. The molecule has 156 valence electrons. The first-order valence-electron chi connectivity index (χ1n) is 7.69. The number of anilines is 1. The number of carbonyl (C=O) groups is 1. The monoisotopic (exact) mass is 469 g/mol. The number of nitrogens with one attached hydrogen (secondary N) is 2. The quantitative estimate of drug-likeness (QED) is 0.359. The van der Waals surface area contributed by atoms with Gasteiger partial charge in [-0.1, -0.05) is 46.0 Å². The van der Waals surface area contributed by atoms with Crippen molar-refractivity contribution >= 4 is 53.0 Å². The highest BCUT2D eigenvalue weighted by Crippen LogP contribution is 2.32. The zero-order chi connectivity index (χ0) is 21.6. The molecule has 0 radical (unpaired) electrons. The van der Waals surface area contributed by atoms with Gasteiger partial charge in [-0.25, -0.2) is 15.2 Å². The maximum atomic E-state index is 12.6. The number of alkyl halides is 3. The second-order valence-corrected chi connectivity index (χ2v) is 6.67. The summed E-state index contributed by atoms with van der Waals surface area (Å²) < 4.78 is 37.9. The molecule has 2 amide bonds. The summed E-state index contributed by atoms with van der Waals surface area (Å²) in [5.41, 5.74) is 1.93. The summed E-state index contributed by atoms with van der Waals surface area (Å²) in [5, 5.41) is 7.40. The third-order valence-electron chi connectivity index (χ3n) is 3.29. The van der Waals surface area contributed by atoms with Crippen molar-refractivity contribution in [2.45, 2.75) is 12.8 Å². The second kappa shape index (κ2) is 9.86. The molecule has 2 aromatic rings. The van der Waals surface area contributed by atoms with E-state index in [-0.39, 0.29) is 17.4 Å². The average molecular weight is 471 g/mol. The minimum absolute atomic E-state index is 0.0424. The lowest BCUT2D eigenvalue weighted by Crippen LogP contribution is -2.45. The fourth-order valence-corrected chi connectivity index (χ4v) is 2.69. The molecule has 13 heteroatoms. The first-order chi connectivity index (χ1) is 13.6. The molecule has 0 aliphatic heterocycles. The van der Waals surface area contributed by atoms with Crippen LogP contribution < -0.4 is 15.8 Å². The molecule has 0 fully saturated rings. The highest BCUT2D eigenvalue weighted by molar-refractivity contribution is 6.35. The van der Waals surface area contributed by atoms with Crippen LogP contribution in [0.5, 0.6) is 0 Å². The smallest absolute Gasteiger partial charge is 0.390 e. The first-order valence-corrected chi connectivity index (χ1v) is 8.82. The van der Waals surface area contributed by atoms with Crippen molar-refractivity contribution in [2.24, 2.45) is 5.16 Å². The molecular formula is C16H13Cl3F3N5O2. The van der Waals surface area contributed by atoms with Crippen molar-refractivity contribution in [3.63, 3.8) is 0 Å². The molecule has 1 aromatic heterocycles. The molecule has 0 unspecified atom stereocenters. The van der Waals surface area contributed by atoms with E-state index in [1.807, 2.05) is 0 Å². The molecule has 0 spiro atoms. The lowest BCUT2D eigenvalue weighted by Gasteiger charge is -2.20. The number of aromatic nitrogens is 1. The molecule has 0 atom stereocenters. The number of rotatable bonds is 6. The summed E-state index contributed by atoms with van der Waals surface area (Å²) in [6.07, 6.45) is -3.01. The Morgan fingerprint density at radius 3 is 2.62 bits per heavy atom. The molecule has 0 aliphatic rings. The van der Waals surface area contributed by atoms with E-state index in [0.29, 0.717) is 27.9 Å². The normalized spacial score (nSPS) is 11.4. The Hall–Kier alpha value is -2.43. The fraction of sp³-hybridized carbons (Fsp3) is 0.188. The molecule has 2 rings (SSSR count). The van der Waals surface area contributed by atoms with E-state index in [9.17, 15) is 18.0 Å². The van der Waals surface area contributed by atoms with Gasteiger partial charge in [0.2, 0.25) is 0 Å². The molecule has 1 aromatic carbocycles. The Morgan fingerprint density at radius 2 is 2.00 bits per heavy atom. The number of urea groups is 1. The summed E-state index contributed by atoms with van der Waals surface area (Å²) in [7, 11) is 1.34. The van der Waals surface area contributed by atoms with E-state index in [1.165, 1.54) is 7.05 Å². The van der Waals surface area contributed by atoms with Gasteiger partial charge >= 0.3 is 12.2 Å². The van der Waals surface area contributed by atoms with Gasteiger partial charge in [-0.05, 0) is 18.2 Å². The van der Waals surface area contributed by atoms with Crippen molar-refractivity contribution in [1.29, 1.82) is 0 Å². The van der Waals surface area contributed by atoms with Crippen molar-refractivity contribution in [3.05, 3.63) is 56.7 Å². The predicted octanol–water partition coefficient (Wildman–Crippen LogP) is 4.87. The highest BCUT2D eigenvalue weighted by Gasteiger charge is 2.32. The van der Waals surface area contributed by atoms with Crippen LogP contribution in [0.4, 0.5) is 23.8 Å². The lowest BCUT2D eigenvalue weighted by atomic mass is 10.2. The number of oxime groups is 1. The van der Waals surface area contributed by atoms with Crippen LogP contribution in [-0.2, 0) is 17.6 Å². The summed E-state index contributed by atoms with van der Waals surface area (Å²) >= 11 is 17.6. The summed E-state index contributed by atoms with van der Waals surface area (Å²) in [5.74, 6) is -0.0830. The maximum Gasteiger partial charge on any atom is 0.417 e. The van der Waals surface area contributed by atoms with E-state index < -0.39 is 17.8 Å². The number of halogens is 6. The van der Waals surface area contributed by atoms with E-state index >= 15 is 0 Å². The van der Waals surface area contributed by atoms with E-state index in [1.54, 1.807) is 18.2 Å². The van der Waals surface area contributed by atoms with Crippen LogP contribution in [0.1, 0.15) is 11.1 Å². The van der Waals surface area contributed by atoms with Crippen molar-refractivity contribution < 1.29 is 22.8 Å². The summed E-state index contributed by atoms with van der Waals surface area (Å²) in [4.78, 5) is 20.4. The molecule has 0 saturated heterocycles. The molecule has 7 nitrogen and oxygen atoms in total. The van der Waals surface area contributed by atoms with Crippen LogP contribution in [0, 0.1) is 0 Å². The number of hydrogen-bond acceptors (Lipinski definition) is 5. The number of benzene rings is 1. The van der Waals surface area contributed by atoms with Gasteiger partial charge in [-0.15, -0.1) is 0 Å². The molecule has 2 N–H and O–H groups in total. The van der Waals surface area contributed by atoms with Crippen LogP contribution in [0.2, 0.25) is 15.1 Å². The summed E-state index contributed by atoms with van der Waals surface area (Å²) in [6, 6.07) is 4.79. The Balaban J connectivity index is 1.83. The van der Waals surface area contributed by atoms with Gasteiger partial charge in [0.05, 0.1) is 10.6 Å². The number of hydrogen-bond donors (Lipinski definition) is 2. The number of nitrogens with zero attached hydrogens (tertiary/aromatic N) is 3. The molecular weight excluding hydrogens is 458 g/mol. The zero-order valence-electron chi connectivity index (χ0n) is 14.6. The Labute approximate surface area is 178 Å². The molecule has 0 aliphatic carbocycles. The van der Waals surface area contributed by atoms with Crippen LogP contribution >= 0.6 is 34.8 Å². The molecule has 0 saturated carbocycles. The van der Waals surface area contributed by atoms with E-state index in [4.69, 9.17) is 39.6 Å². The van der Waals surface area contributed by atoms with E-state index in [2.05, 4.69) is 20.9 Å². The van der Waals surface area contributed by atoms with Gasteiger partial charge in [0.1, 0.15) is 12.9 Å². The second-order valence-electron chi connectivity index (χ2n) is 5.42. The van der Waals surface area contributed by atoms with Gasteiger partial charge in [0.15, 0.2) is 5.82 Å². The van der Waals surface area contributed by atoms with Crippen molar-refractivity contribution in [2.75, 3.05) is 12.1 Å². The van der Waals surface area contributed by atoms with Crippen molar-refractivity contribution in [3.8, 4) is 0 Å². The number of carbonyl (C=O) groups excluding carboxylic acids is 1. The third-order valence-corrected chi connectivity index (χ3v) is 4.16. The average Bonchev–Trinajstić information content (AvgIpc) is 2.62. The van der Waals surface area contributed by atoms with Crippen molar-refractivity contribution in [1.82, 2.24) is 15.7 Å². The lowest BCUT2D eigenvalue weighted by molar-refractivity contribution is -0.137. The van der Waals surface area contributed by atoms with Crippen LogP contribution in [0.25, 0.3) is 0 Å². The number of amides is 2. The van der Waals surface area contributed by atoms with Gasteiger partial charge in [-0.3, -0.25) is 10.3 Å². The Morgan fingerprint density at radius 1 is 1.28 bits per heavy atom. The van der Waals surface area contributed by atoms with Gasteiger partial charge in [0, 0.05) is 28.9 Å². The number of hydrazine groups is 1. The topological polar surface area (TPSA) is 78.9 Å². The SMILES string of the molecule is CN(NC(=O)N/C=N/OCc1ccc(Cl)cc1Cl)c1ncc(C(F)(F)F)cc1Cl. The zero-order valence-corrected chi connectivity index (χ0v) is 16.9. The minimum atomic E-state index is -4.58. The first kappa shape index (κ1) is 22.9. The molecule has 0 bridgehead atoms. The van der Waals surface area contributed by atoms with Gasteiger partial charge in [-0.2, -0.15) is 13.2 Å². The minimum Gasteiger partial charge on any atom is -0.390 e. The van der Waals surface area contributed by atoms with Crippen LogP contribution in [-0.4, -0.2) is 24.4 Å². The standard InChI is InChI=1S/C16H13Cl3F3N5O2/c1-27(14-13(19)4-10(6-23-14)16(20,21)22)26-15(28)24-8-25-29-7-9-2-3-11(17)5-12(9)18/h2-6,8H,7H2,1H3,(H2,24,25,26,28). The number of pyridine rings is 1. The summed E-state index contributed by atoms with van der Waals surface area (Å²) in [6.45, 7) is 0.0424. The maximum absolute atomic E-state index is 12.6. The highest BCUT2D eigenvalue weighted by atomic mass is 35.5.